The van der Waals surface area contributed by atoms with E-state index in [1.807, 2.05) is 310 Å². The number of pyridine rings is 4. The van der Waals surface area contributed by atoms with Gasteiger partial charge in [-0.15, -0.1) is 0 Å². The first-order chi connectivity index (χ1) is 62.1. The van der Waals surface area contributed by atoms with Crippen LogP contribution in [0, 0.1) is 55.4 Å². The van der Waals surface area contributed by atoms with E-state index < -0.39 is 23.9 Å². The molecule has 0 aliphatic rings. The highest BCUT2D eigenvalue weighted by atomic mass is 16.5. The Bertz CT molecular complexity index is 7690. The number of rotatable bonds is 20. The Kier molecular flexibility index (Phi) is 23.7. The van der Waals surface area contributed by atoms with Gasteiger partial charge in [0.15, 0.2) is 23.0 Å². The molecule has 0 bridgehead atoms. The van der Waals surface area contributed by atoms with Crippen molar-refractivity contribution in [2.24, 2.45) is 0 Å². The van der Waals surface area contributed by atoms with Gasteiger partial charge < -0.3 is 57.0 Å². The number of carboxylic acid groups (broad SMARTS) is 4. The van der Waals surface area contributed by atoms with Gasteiger partial charge in [-0.2, -0.15) is 0 Å². The molecule has 0 saturated carbocycles. The van der Waals surface area contributed by atoms with Crippen molar-refractivity contribution in [2.75, 3.05) is 0 Å². The third kappa shape index (κ3) is 17.1. The molecule has 632 valence electrons. The van der Waals surface area contributed by atoms with Crippen molar-refractivity contribution in [1.82, 2.24) is 19.9 Å². The van der Waals surface area contributed by atoms with Gasteiger partial charge >= 0.3 is 23.9 Å². The largest absolute Gasteiger partial charge is 0.488 e. The minimum Gasteiger partial charge on any atom is -0.488 e. The number of hydrogen-bond donors (Lipinski definition) is 4. The van der Waals surface area contributed by atoms with Gasteiger partial charge in [0.25, 0.3) is 0 Å². The lowest BCUT2D eigenvalue weighted by Crippen LogP contribution is -2.05. The van der Waals surface area contributed by atoms with Crippen LogP contribution in [0.2, 0.25) is 0 Å². The summed E-state index contributed by atoms with van der Waals surface area (Å²) in [5.41, 5.74) is 19.0. The molecule has 0 atom stereocenters. The topological polar surface area (TPSA) is 290 Å². The Hall–Kier alpha value is -16.5. The summed E-state index contributed by atoms with van der Waals surface area (Å²) in [6.07, 6.45) is 0. The SMILES string of the molecule is Cc1c(-c2cc(C(=O)O)c3c(OCc4ccccc4)cccc3n2)oc2ccccc12.Cc1cc(C)c2nc(-c3oc4ccccc4c3C)cc(C(=O)O)c2c1OCc1ccccc1.Cc1cc(OCc2ccccc2)c2c(C(=O)O)cc(-c3oc4ccccc4c3C)nc2c1.Cc1ccc2nc(-c3oc4ccccc4c3C)cc(C(=O)O)c2c1OCc1ccccc1. The number of nitrogens with zero attached hydrogens (tertiary/aromatic N) is 4. The van der Waals surface area contributed by atoms with E-state index in [1.54, 1.807) is 36.4 Å². The van der Waals surface area contributed by atoms with Crippen LogP contribution in [0.5, 0.6) is 23.0 Å². The second-order valence-corrected chi connectivity index (χ2v) is 31.2. The molecule has 12 aromatic carbocycles. The van der Waals surface area contributed by atoms with Gasteiger partial charge in [-0.1, -0.05) is 212 Å². The van der Waals surface area contributed by atoms with Crippen LogP contribution < -0.4 is 18.9 Å². The van der Waals surface area contributed by atoms with Gasteiger partial charge in [0.2, 0.25) is 0 Å². The summed E-state index contributed by atoms with van der Waals surface area (Å²) in [6.45, 7) is 16.9. The molecule has 0 aliphatic carbocycles. The highest BCUT2D eigenvalue weighted by Crippen LogP contribution is 2.44. The average Bonchev–Trinajstić information content (AvgIpc) is 1.36. The van der Waals surface area contributed by atoms with Gasteiger partial charge in [-0.25, -0.2) is 39.1 Å². The van der Waals surface area contributed by atoms with Gasteiger partial charge in [0, 0.05) is 43.8 Å². The third-order valence-electron chi connectivity index (χ3n) is 22.5. The van der Waals surface area contributed by atoms with Crippen LogP contribution in [0.15, 0.2) is 309 Å². The molecule has 0 aliphatic heterocycles. The number of ether oxygens (including phenoxy) is 4. The van der Waals surface area contributed by atoms with Crippen molar-refractivity contribution in [3.63, 3.8) is 0 Å². The summed E-state index contributed by atoms with van der Waals surface area (Å²) in [4.78, 5) is 68.2. The van der Waals surface area contributed by atoms with Gasteiger partial charge in [-0.3, -0.25) is 0 Å². The third-order valence-corrected chi connectivity index (χ3v) is 22.5. The summed E-state index contributed by atoms with van der Waals surface area (Å²) in [5.74, 6) is 0.191. The molecule has 0 fully saturated rings. The molecular weight excluding hydrogens is 1610 g/mol. The first-order valence-electron chi connectivity index (χ1n) is 41.4. The summed E-state index contributed by atoms with van der Waals surface area (Å²) >= 11 is 0. The lowest BCUT2D eigenvalue weighted by Gasteiger charge is -2.16. The summed E-state index contributed by atoms with van der Waals surface area (Å²) < 4.78 is 48.5. The maximum atomic E-state index is 12.4. The van der Waals surface area contributed by atoms with Gasteiger partial charge in [-0.05, 0) is 179 Å². The first-order valence-corrected chi connectivity index (χ1v) is 41.4. The number of carbonyl (C=O) groups is 4. The van der Waals surface area contributed by atoms with Crippen LogP contribution >= 0.6 is 0 Å². The molecule has 0 amide bonds. The number of benzene rings is 12. The van der Waals surface area contributed by atoms with E-state index in [-0.39, 0.29) is 22.3 Å². The molecule has 0 saturated heterocycles. The van der Waals surface area contributed by atoms with E-state index >= 15 is 0 Å². The zero-order chi connectivity index (χ0) is 89.0. The number of carboxylic acids is 4. The van der Waals surface area contributed by atoms with Crippen LogP contribution in [0.3, 0.4) is 0 Å². The fourth-order valence-corrected chi connectivity index (χ4v) is 16.2. The minimum absolute atomic E-state index is 0.128. The van der Waals surface area contributed by atoms with Crippen molar-refractivity contribution < 1.29 is 76.2 Å². The monoisotopic (exact) mass is 1690 g/mol. The smallest absolute Gasteiger partial charge is 0.336 e. The minimum atomic E-state index is -1.04. The second kappa shape index (κ2) is 36.1. The molecule has 20 heteroatoms. The quantitative estimate of drug-likeness (QED) is 0.0551. The fraction of sp³-hybridized carbons (Fsp3) is 0.111. The van der Waals surface area contributed by atoms with Gasteiger partial charge in [0.1, 0.15) is 94.5 Å². The number of fused-ring (bicyclic) bond motifs is 8. The lowest BCUT2D eigenvalue weighted by molar-refractivity contribution is 0.0688. The number of furan rings is 4. The Morgan fingerprint density at radius 2 is 0.594 bits per heavy atom. The molecule has 20 rings (SSSR count). The Balaban J connectivity index is 0.000000120. The predicted molar refractivity (Wildman–Crippen MR) is 497 cm³/mol. The van der Waals surface area contributed by atoms with Crippen molar-refractivity contribution >= 4 is 111 Å². The zero-order valence-corrected chi connectivity index (χ0v) is 71.0. The van der Waals surface area contributed by atoms with Crippen molar-refractivity contribution in [2.45, 2.75) is 81.8 Å². The molecule has 4 N–H and O–H groups in total. The van der Waals surface area contributed by atoms with E-state index in [4.69, 9.17) is 56.6 Å². The lowest BCUT2D eigenvalue weighted by atomic mass is 9.99. The number of para-hydroxylation sites is 4. The molecule has 8 heterocycles. The molecule has 20 nitrogen and oxygen atoms in total. The molecule has 0 spiro atoms. The van der Waals surface area contributed by atoms with Crippen molar-refractivity contribution in [3.8, 4) is 68.8 Å². The van der Waals surface area contributed by atoms with Gasteiger partial charge in [0.05, 0.1) is 65.9 Å². The zero-order valence-electron chi connectivity index (χ0n) is 71.0. The van der Waals surface area contributed by atoms with E-state index in [2.05, 4.69) is 0 Å². The van der Waals surface area contributed by atoms with Crippen LogP contribution in [0.1, 0.15) is 108 Å². The Morgan fingerprint density at radius 1 is 0.273 bits per heavy atom. The van der Waals surface area contributed by atoms with Crippen LogP contribution in [0.25, 0.3) is 133 Å². The summed E-state index contributed by atoms with van der Waals surface area (Å²) in [5, 5.41) is 46.1. The maximum absolute atomic E-state index is 12.4. The summed E-state index contributed by atoms with van der Waals surface area (Å²) in [7, 11) is 0. The van der Waals surface area contributed by atoms with Crippen LogP contribution in [-0.4, -0.2) is 64.2 Å². The predicted octanol–water partition coefficient (Wildman–Crippen LogP) is 26.2. The molecule has 8 aromatic heterocycles. The molecular formula is C108H84N4O16. The van der Waals surface area contributed by atoms with Crippen LogP contribution in [-0.2, 0) is 26.4 Å². The number of aromatic carboxylic acids is 4. The highest BCUT2D eigenvalue weighted by Gasteiger charge is 2.28. The fourth-order valence-electron chi connectivity index (χ4n) is 16.2. The number of hydrogen-bond acceptors (Lipinski definition) is 16. The summed E-state index contributed by atoms with van der Waals surface area (Å²) in [6, 6.07) is 91.1. The Morgan fingerprint density at radius 3 is 0.984 bits per heavy atom. The average molecular weight is 1690 g/mol. The van der Waals surface area contributed by atoms with E-state index in [0.717, 1.165) is 111 Å². The van der Waals surface area contributed by atoms with E-state index in [0.29, 0.717) is 139 Å². The van der Waals surface area contributed by atoms with E-state index in [1.165, 1.54) is 0 Å². The maximum Gasteiger partial charge on any atom is 0.336 e. The molecule has 20 aromatic rings. The molecule has 0 radical (unpaired) electrons. The normalized spacial score (nSPS) is 11.2. The van der Waals surface area contributed by atoms with Crippen molar-refractivity contribution in [1.29, 1.82) is 0 Å². The standard InChI is InChI=1S/C28H23NO4.2C27H21NO4.C26H19NO4/c1-16-13-17(2)26(32-15-19-9-5-4-6-10-19)24-21(28(30)31)14-22(29-25(16)24)27-18(3)20-11-7-8-12-23(20)33-27;1-16-12-21-25(24(13-16)31-15-18-8-4-3-5-9-18)20(27(29)30)14-22(28-21)26-17(2)19-10-6-7-11-23(19)32-26;1-16-12-13-21-24(25(16)31-15-18-8-4-3-5-9-18)20(27(29)30)14-22(28-21)26-17(2)19-10-6-7-11-23(19)32-26;1-16-18-10-5-6-12-22(18)31-25(16)21-14-19(26(28)29)24-20(27-21)11-7-13-23(24)30-15-17-8-3-2-4-9-17/h4-14H,15H2,1-3H3,(H,30,31);2*3-14H,15H2,1-2H3,(H,29,30);2-14H,15H2,1H3,(H,28,29). The Labute approximate surface area is 734 Å². The molecule has 128 heavy (non-hydrogen) atoms. The van der Waals surface area contributed by atoms with Crippen LogP contribution in [0.4, 0.5) is 0 Å². The molecule has 0 unspecified atom stereocenters. The highest BCUT2D eigenvalue weighted by molar-refractivity contribution is 6.11. The number of aryl methyl sites for hydroxylation is 8. The first kappa shape index (κ1) is 83.8. The number of aromatic nitrogens is 4. The van der Waals surface area contributed by atoms with E-state index in [9.17, 15) is 39.6 Å². The second-order valence-electron chi connectivity index (χ2n) is 31.2. The van der Waals surface area contributed by atoms with Crippen molar-refractivity contribution in [3.05, 3.63) is 380 Å².